The van der Waals surface area contributed by atoms with Gasteiger partial charge in [-0.1, -0.05) is 0 Å². The third-order valence-corrected chi connectivity index (χ3v) is 5.11. The first-order chi connectivity index (χ1) is 10.1. The number of imidazole rings is 1. The lowest BCUT2D eigenvalue weighted by atomic mass is 9.75. The van der Waals surface area contributed by atoms with Crippen molar-refractivity contribution in [3.05, 3.63) is 23.7 Å². The molecule has 0 amide bonds. The zero-order valence-corrected chi connectivity index (χ0v) is 13.8. The van der Waals surface area contributed by atoms with Gasteiger partial charge in [-0.15, -0.1) is 11.6 Å². The van der Waals surface area contributed by atoms with Gasteiger partial charge in [0, 0.05) is 30.6 Å². The maximum Gasteiger partial charge on any atom is 0.160 e. The van der Waals surface area contributed by atoms with Crippen LogP contribution in [0.5, 0.6) is 0 Å². The molecule has 0 saturated heterocycles. The summed E-state index contributed by atoms with van der Waals surface area (Å²) >= 11 is 5.97. The molecule has 0 radical (unpaired) electrons. The highest BCUT2D eigenvalue weighted by atomic mass is 35.5. The van der Waals surface area contributed by atoms with Gasteiger partial charge in [0.25, 0.3) is 0 Å². The predicted octanol–water partition coefficient (Wildman–Crippen LogP) is 3.01. The molecule has 1 saturated carbocycles. The third-order valence-electron chi connectivity index (χ3n) is 4.92. The summed E-state index contributed by atoms with van der Waals surface area (Å²) in [5, 5.41) is 0. The van der Waals surface area contributed by atoms with E-state index < -0.39 is 0 Å². The number of nitrogens with zero attached hydrogens (tertiary/aromatic N) is 4. The number of halogens is 1. The van der Waals surface area contributed by atoms with Crippen LogP contribution in [0.15, 0.2) is 12.3 Å². The fourth-order valence-corrected chi connectivity index (χ4v) is 3.42. The van der Waals surface area contributed by atoms with Crippen molar-refractivity contribution >= 4 is 22.8 Å². The summed E-state index contributed by atoms with van der Waals surface area (Å²) < 4.78 is 2.30. The van der Waals surface area contributed by atoms with Gasteiger partial charge in [0.15, 0.2) is 5.65 Å². The minimum atomic E-state index is 0.250. The normalized spacial score (nSPS) is 17.4. The molecule has 0 spiro atoms. The molecule has 4 nitrogen and oxygen atoms in total. The van der Waals surface area contributed by atoms with E-state index in [1.807, 2.05) is 12.3 Å². The Labute approximate surface area is 131 Å². The van der Waals surface area contributed by atoms with Gasteiger partial charge in [0.2, 0.25) is 0 Å². The number of rotatable bonds is 5. The van der Waals surface area contributed by atoms with Crippen molar-refractivity contribution in [3.8, 4) is 0 Å². The lowest BCUT2D eigenvalue weighted by Crippen LogP contribution is -2.53. The van der Waals surface area contributed by atoms with E-state index in [0.29, 0.717) is 5.88 Å². The van der Waals surface area contributed by atoms with E-state index in [4.69, 9.17) is 16.6 Å². The molecule has 2 heterocycles. The topological polar surface area (TPSA) is 34.0 Å². The van der Waals surface area contributed by atoms with Gasteiger partial charge in [-0.05, 0) is 51.9 Å². The summed E-state index contributed by atoms with van der Waals surface area (Å²) in [5.41, 5.74) is 3.45. The van der Waals surface area contributed by atoms with Gasteiger partial charge >= 0.3 is 0 Å². The number of aryl methyl sites for hydroxylation is 2. The highest BCUT2D eigenvalue weighted by Crippen LogP contribution is 2.38. The first-order valence-electron chi connectivity index (χ1n) is 7.61. The van der Waals surface area contributed by atoms with Crippen molar-refractivity contribution in [1.82, 2.24) is 19.4 Å². The molecule has 0 aromatic carbocycles. The molecule has 1 fully saturated rings. The van der Waals surface area contributed by atoms with E-state index in [-0.39, 0.29) is 5.54 Å². The molecular weight excluding hydrogens is 284 g/mol. The van der Waals surface area contributed by atoms with Crippen molar-refractivity contribution in [2.75, 3.05) is 20.0 Å². The van der Waals surface area contributed by atoms with Crippen LogP contribution in [0, 0.1) is 6.92 Å². The van der Waals surface area contributed by atoms with Crippen LogP contribution in [0.3, 0.4) is 0 Å². The van der Waals surface area contributed by atoms with Crippen molar-refractivity contribution in [2.45, 2.75) is 44.7 Å². The quantitative estimate of drug-likeness (QED) is 0.796. The SMILES string of the molecule is Cc1ccnc2c1nc(CCCl)n2CC1(N(C)C)CCC1. The number of pyridine rings is 1. The number of hydrogen-bond donors (Lipinski definition) is 0. The van der Waals surface area contributed by atoms with Crippen molar-refractivity contribution < 1.29 is 0 Å². The lowest BCUT2D eigenvalue weighted by Gasteiger charge is -2.47. The van der Waals surface area contributed by atoms with Crippen LogP contribution in [0.4, 0.5) is 0 Å². The minimum Gasteiger partial charge on any atom is -0.311 e. The van der Waals surface area contributed by atoms with E-state index in [1.165, 1.54) is 24.8 Å². The molecule has 0 unspecified atom stereocenters. The molecule has 0 aliphatic heterocycles. The molecule has 2 aromatic heterocycles. The Balaban J connectivity index is 2.07. The first kappa shape index (κ1) is 14.8. The first-order valence-corrected chi connectivity index (χ1v) is 8.15. The Kier molecular flexibility index (Phi) is 3.93. The second-order valence-corrected chi connectivity index (χ2v) is 6.70. The van der Waals surface area contributed by atoms with E-state index in [1.54, 1.807) is 0 Å². The maximum absolute atomic E-state index is 5.97. The molecular formula is C16H23ClN4. The molecule has 5 heteroatoms. The second kappa shape index (κ2) is 5.58. The van der Waals surface area contributed by atoms with Crippen LogP contribution >= 0.6 is 11.6 Å². The summed E-state index contributed by atoms with van der Waals surface area (Å²) in [6.45, 7) is 3.05. The Morgan fingerprint density at radius 2 is 2.14 bits per heavy atom. The molecule has 2 aromatic rings. The highest BCUT2D eigenvalue weighted by molar-refractivity contribution is 6.17. The van der Waals surface area contributed by atoms with E-state index in [9.17, 15) is 0 Å². The Morgan fingerprint density at radius 3 is 2.71 bits per heavy atom. The van der Waals surface area contributed by atoms with Crippen molar-refractivity contribution in [2.24, 2.45) is 0 Å². The summed E-state index contributed by atoms with van der Waals surface area (Å²) in [4.78, 5) is 11.8. The molecule has 114 valence electrons. The maximum atomic E-state index is 5.97. The van der Waals surface area contributed by atoms with Crippen LogP contribution in [-0.2, 0) is 13.0 Å². The summed E-state index contributed by atoms with van der Waals surface area (Å²) in [6, 6.07) is 2.02. The van der Waals surface area contributed by atoms with Gasteiger partial charge in [-0.2, -0.15) is 0 Å². The zero-order chi connectivity index (χ0) is 15.0. The molecule has 0 bridgehead atoms. The molecule has 0 atom stereocenters. The average Bonchev–Trinajstić information content (AvgIpc) is 2.73. The zero-order valence-electron chi connectivity index (χ0n) is 13.1. The lowest BCUT2D eigenvalue weighted by molar-refractivity contribution is 0.0426. The molecule has 1 aliphatic carbocycles. The molecule has 21 heavy (non-hydrogen) atoms. The second-order valence-electron chi connectivity index (χ2n) is 6.33. The molecule has 3 rings (SSSR count). The third kappa shape index (κ3) is 2.44. The monoisotopic (exact) mass is 306 g/mol. The van der Waals surface area contributed by atoms with Crippen molar-refractivity contribution in [1.29, 1.82) is 0 Å². The summed E-state index contributed by atoms with van der Waals surface area (Å²) in [7, 11) is 4.36. The van der Waals surface area contributed by atoms with Gasteiger partial charge in [0.1, 0.15) is 11.3 Å². The average molecular weight is 307 g/mol. The fourth-order valence-electron chi connectivity index (χ4n) is 3.25. The largest absolute Gasteiger partial charge is 0.311 e. The predicted molar refractivity (Wildman–Crippen MR) is 87.0 cm³/mol. The van der Waals surface area contributed by atoms with Crippen LogP contribution in [0.25, 0.3) is 11.2 Å². The van der Waals surface area contributed by atoms with Gasteiger partial charge in [0.05, 0.1) is 0 Å². The Bertz CT molecular complexity index is 643. The number of alkyl halides is 1. The minimum absolute atomic E-state index is 0.250. The molecule has 1 aliphatic rings. The Hall–Kier alpha value is -1.13. The molecule has 0 N–H and O–H groups in total. The van der Waals surface area contributed by atoms with E-state index >= 15 is 0 Å². The number of likely N-dealkylation sites (N-methyl/N-ethyl adjacent to an activating group) is 1. The van der Waals surface area contributed by atoms with E-state index in [0.717, 1.165) is 30.0 Å². The number of fused-ring (bicyclic) bond motifs is 1. The van der Waals surface area contributed by atoms with Crippen molar-refractivity contribution in [3.63, 3.8) is 0 Å². The summed E-state index contributed by atoms with van der Waals surface area (Å²) in [5.74, 6) is 1.66. The smallest absolute Gasteiger partial charge is 0.160 e. The van der Waals surface area contributed by atoms with Crippen LogP contribution in [0.1, 0.15) is 30.7 Å². The van der Waals surface area contributed by atoms with E-state index in [2.05, 4.69) is 35.5 Å². The summed E-state index contributed by atoms with van der Waals surface area (Å²) in [6.07, 6.45) is 6.46. The van der Waals surface area contributed by atoms with Gasteiger partial charge in [-0.25, -0.2) is 9.97 Å². The standard InChI is InChI=1S/C16H23ClN4/c1-12-6-10-18-15-14(12)19-13(5-9-17)21(15)11-16(20(2)3)7-4-8-16/h6,10H,4-5,7-9,11H2,1-3H3. The van der Waals surface area contributed by atoms with Gasteiger partial charge < -0.3 is 9.47 Å². The number of aromatic nitrogens is 3. The van der Waals surface area contributed by atoms with Gasteiger partial charge in [-0.3, -0.25) is 0 Å². The van der Waals surface area contributed by atoms with Crippen LogP contribution in [0.2, 0.25) is 0 Å². The van der Waals surface area contributed by atoms with Crippen LogP contribution < -0.4 is 0 Å². The number of hydrogen-bond acceptors (Lipinski definition) is 3. The fraction of sp³-hybridized carbons (Fsp3) is 0.625. The van der Waals surface area contributed by atoms with Crippen LogP contribution in [-0.4, -0.2) is 44.9 Å². The highest BCUT2D eigenvalue weighted by Gasteiger charge is 2.40. The Morgan fingerprint density at radius 1 is 1.38 bits per heavy atom.